The van der Waals surface area contributed by atoms with E-state index in [1.165, 1.54) is 42.6 Å². The second-order valence-electron chi connectivity index (χ2n) is 7.68. The van der Waals surface area contributed by atoms with Crippen LogP contribution in [-0.4, -0.2) is 35.1 Å². The quantitative estimate of drug-likeness (QED) is 0.418. The number of benzene rings is 2. The Hall–Kier alpha value is -3.70. The maximum absolute atomic E-state index is 14.4. The van der Waals surface area contributed by atoms with Gasteiger partial charge < -0.3 is 5.32 Å². The Morgan fingerprint density at radius 3 is 2.46 bits per heavy atom. The van der Waals surface area contributed by atoms with Gasteiger partial charge in [0.2, 0.25) is 5.91 Å². The van der Waals surface area contributed by atoms with Crippen molar-refractivity contribution in [1.29, 1.82) is 0 Å². The summed E-state index contributed by atoms with van der Waals surface area (Å²) in [6.45, 7) is 0. The van der Waals surface area contributed by atoms with E-state index in [4.69, 9.17) is 11.6 Å². The fourth-order valence-electron chi connectivity index (χ4n) is 3.47. The van der Waals surface area contributed by atoms with E-state index in [1.807, 2.05) is 0 Å². The molecule has 35 heavy (non-hydrogen) atoms. The van der Waals surface area contributed by atoms with E-state index in [2.05, 4.69) is 15.3 Å². The lowest BCUT2D eigenvalue weighted by atomic mass is 10.0. The van der Waals surface area contributed by atoms with Crippen LogP contribution >= 0.6 is 11.6 Å². The smallest absolute Gasteiger partial charge is 0.261 e. The van der Waals surface area contributed by atoms with Gasteiger partial charge in [-0.3, -0.25) is 14.2 Å². The van der Waals surface area contributed by atoms with Crippen molar-refractivity contribution in [2.24, 2.45) is 0 Å². The van der Waals surface area contributed by atoms with Gasteiger partial charge in [0, 0.05) is 24.4 Å². The van der Waals surface area contributed by atoms with Crippen molar-refractivity contribution in [2.75, 3.05) is 11.6 Å². The van der Waals surface area contributed by atoms with E-state index in [-0.39, 0.29) is 21.6 Å². The summed E-state index contributed by atoms with van der Waals surface area (Å²) in [5.74, 6) is -2.43. The van der Waals surface area contributed by atoms with Crippen LogP contribution in [0.2, 0.25) is 5.02 Å². The molecule has 1 atom stereocenters. The van der Waals surface area contributed by atoms with Crippen molar-refractivity contribution < 1.29 is 22.0 Å². The van der Waals surface area contributed by atoms with Gasteiger partial charge in [-0.1, -0.05) is 17.7 Å². The Bertz CT molecular complexity index is 1590. The van der Waals surface area contributed by atoms with Crippen LogP contribution in [0, 0.1) is 11.6 Å². The molecule has 0 saturated carbocycles. The molecule has 1 unspecified atom stereocenters. The van der Waals surface area contributed by atoms with E-state index < -0.39 is 51.0 Å². The van der Waals surface area contributed by atoms with Gasteiger partial charge in [-0.2, -0.15) is 0 Å². The van der Waals surface area contributed by atoms with E-state index in [0.717, 1.165) is 29.3 Å². The minimum Gasteiger partial charge on any atom is -0.309 e. The first kappa shape index (κ1) is 24.4. The molecule has 1 amide bonds. The van der Waals surface area contributed by atoms with E-state index in [9.17, 15) is 26.8 Å². The highest BCUT2D eigenvalue weighted by atomic mass is 35.5. The standard InChI is InChI=1S/C23H17ClF2N4O4S/c1-35(33,34)14-6-7-15-19(9-14)28-12-30(23(15)32)20(10-16-17(25)3-2-4-18(16)26)22(31)29-21-8-5-13(24)11-27-21/h2-9,11-12,20H,10H2,1H3,(H,27,29,31). The highest BCUT2D eigenvalue weighted by Crippen LogP contribution is 2.22. The number of nitrogens with zero attached hydrogens (tertiary/aromatic N) is 3. The van der Waals surface area contributed by atoms with Crippen LogP contribution in [0.15, 0.2) is 70.7 Å². The maximum atomic E-state index is 14.4. The molecule has 0 radical (unpaired) electrons. The Morgan fingerprint density at radius 1 is 1.11 bits per heavy atom. The average molecular weight is 519 g/mol. The third-order valence-electron chi connectivity index (χ3n) is 5.26. The van der Waals surface area contributed by atoms with Gasteiger partial charge in [-0.15, -0.1) is 0 Å². The first-order valence-corrected chi connectivity index (χ1v) is 12.4. The zero-order chi connectivity index (χ0) is 25.3. The second kappa shape index (κ2) is 9.51. The number of hydrogen-bond acceptors (Lipinski definition) is 6. The van der Waals surface area contributed by atoms with Gasteiger partial charge in [0.05, 0.1) is 27.1 Å². The zero-order valence-corrected chi connectivity index (χ0v) is 19.6. The molecule has 4 aromatic rings. The molecule has 2 aromatic heterocycles. The van der Waals surface area contributed by atoms with Crippen LogP contribution in [0.4, 0.5) is 14.6 Å². The molecule has 0 aliphatic heterocycles. The maximum Gasteiger partial charge on any atom is 0.261 e. The number of rotatable bonds is 6. The predicted octanol–water partition coefficient (Wildman–Crippen LogP) is 3.55. The number of pyridine rings is 1. The molecule has 0 fully saturated rings. The number of fused-ring (bicyclic) bond motifs is 1. The Balaban J connectivity index is 1.81. The summed E-state index contributed by atoms with van der Waals surface area (Å²) in [5.41, 5.74) is -1.00. The SMILES string of the molecule is CS(=O)(=O)c1ccc2c(=O)n(C(Cc3c(F)cccc3F)C(=O)Nc3ccc(Cl)cn3)cnc2c1. The molecule has 0 aliphatic carbocycles. The molecular weight excluding hydrogens is 502 g/mol. The van der Waals surface area contributed by atoms with Crippen LogP contribution < -0.4 is 10.9 Å². The summed E-state index contributed by atoms with van der Waals surface area (Å²) in [5, 5.41) is 2.87. The highest BCUT2D eigenvalue weighted by Gasteiger charge is 2.27. The number of nitrogens with one attached hydrogen (secondary N) is 1. The summed E-state index contributed by atoms with van der Waals surface area (Å²) < 4.78 is 53.4. The molecule has 0 aliphatic rings. The average Bonchev–Trinajstić information content (AvgIpc) is 2.80. The van der Waals surface area contributed by atoms with Crippen molar-refractivity contribution in [2.45, 2.75) is 17.4 Å². The van der Waals surface area contributed by atoms with E-state index >= 15 is 0 Å². The molecule has 0 spiro atoms. The monoisotopic (exact) mass is 518 g/mol. The van der Waals surface area contributed by atoms with Crippen LogP contribution in [0.5, 0.6) is 0 Å². The summed E-state index contributed by atoms with van der Waals surface area (Å²) >= 11 is 5.81. The highest BCUT2D eigenvalue weighted by molar-refractivity contribution is 7.90. The number of hydrogen-bond donors (Lipinski definition) is 1. The minimum absolute atomic E-state index is 0.0244. The number of halogens is 3. The van der Waals surface area contributed by atoms with Crippen LogP contribution in [0.1, 0.15) is 11.6 Å². The normalized spacial score (nSPS) is 12.5. The number of carbonyl (C=O) groups excluding carboxylic acids is 1. The molecule has 12 heteroatoms. The number of carbonyl (C=O) groups is 1. The lowest BCUT2D eigenvalue weighted by Crippen LogP contribution is -2.35. The molecule has 8 nitrogen and oxygen atoms in total. The lowest BCUT2D eigenvalue weighted by molar-refractivity contribution is -0.119. The third-order valence-corrected chi connectivity index (χ3v) is 6.59. The molecule has 0 saturated heterocycles. The number of anilines is 1. The molecule has 1 N–H and O–H groups in total. The lowest BCUT2D eigenvalue weighted by Gasteiger charge is -2.20. The zero-order valence-electron chi connectivity index (χ0n) is 18.1. The molecule has 2 heterocycles. The Labute approximate surface area is 203 Å². The summed E-state index contributed by atoms with van der Waals surface area (Å²) in [4.78, 5) is 34.5. The fraction of sp³-hybridized carbons (Fsp3) is 0.130. The number of aromatic nitrogens is 3. The van der Waals surface area contributed by atoms with E-state index in [0.29, 0.717) is 5.02 Å². The molecular formula is C23H17ClF2N4O4S. The Morgan fingerprint density at radius 2 is 1.83 bits per heavy atom. The van der Waals surface area contributed by atoms with Gasteiger partial charge in [0.15, 0.2) is 9.84 Å². The number of amides is 1. The van der Waals surface area contributed by atoms with Gasteiger partial charge >= 0.3 is 0 Å². The number of sulfone groups is 1. The van der Waals surface area contributed by atoms with E-state index in [1.54, 1.807) is 0 Å². The molecule has 2 aromatic carbocycles. The topological polar surface area (TPSA) is 111 Å². The molecule has 4 rings (SSSR count). The van der Waals surface area contributed by atoms with Gasteiger partial charge in [-0.05, 0) is 42.5 Å². The summed E-state index contributed by atoms with van der Waals surface area (Å²) in [7, 11) is -3.55. The first-order valence-electron chi connectivity index (χ1n) is 10.1. The van der Waals surface area contributed by atoms with Crippen molar-refractivity contribution in [1.82, 2.24) is 14.5 Å². The Kier molecular flexibility index (Phi) is 6.64. The minimum atomic E-state index is -3.55. The largest absolute Gasteiger partial charge is 0.309 e. The fourth-order valence-corrected chi connectivity index (χ4v) is 4.22. The summed E-state index contributed by atoms with van der Waals surface area (Å²) in [6, 6.07) is 8.52. The van der Waals surface area contributed by atoms with Crippen LogP contribution in [-0.2, 0) is 21.1 Å². The first-order chi connectivity index (χ1) is 16.5. The van der Waals surface area contributed by atoms with Crippen molar-refractivity contribution in [3.8, 4) is 0 Å². The van der Waals surface area contributed by atoms with Crippen molar-refractivity contribution >= 4 is 44.1 Å². The third kappa shape index (κ3) is 5.20. The van der Waals surface area contributed by atoms with Gasteiger partial charge in [0.25, 0.3) is 5.56 Å². The summed E-state index contributed by atoms with van der Waals surface area (Å²) in [6.07, 6.45) is 2.84. The van der Waals surface area contributed by atoms with Gasteiger partial charge in [0.1, 0.15) is 23.5 Å². The van der Waals surface area contributed by atoms with Crippen molar-refractivity contribution in [3.05, 3.63) is 93.6 Å². The van der Waals surface area contributed by atoms with Gasteiger partial charge in [-0.25, -0.2) is 27.2 Å². The molecule has 0 bridgehead atoms. The predicted molar refractivity (Wildman–Crippen MR) is 126 cm³/mol. The second-order valence-corrected chi connectivity index (χ2v) is 10.1. The van der Waals surface area contributed by atoms with Crippen LogP contribution in [0.25, 0.3) is 10.9 Å². The molecule has 180 valence electrons. The van der Waals surface area contributed by atoms with Crippen molar-refractivity contribution in [3.63, 3.8) is 0 Å². The van der Waals surface area contributed by atoms with Crippen LogP contribution in [0.3, 0.4) is 0 Å².